The first-order chi connectivity index (χ1) is 12.0. The fourth-order valence-electron chi connectivity index (χ4n) is 2.55. The zero-order chi connectivity index (χ0) is 17.8. The third kappa shape index (κ3) is 3.85. The second kappa shape index (κ2) is 7.17. The van der Waals surface area contributed by atoms with Crippen molar-refractivity contribution in [3.8, 4) is 0 Å². The molecule has 0 radical (unpaired) electrons. The lowest BCUT2D eigenvalue weighted by Crippen LogP contribution is -2.20. The monoisotopic (exact) mass is 336 g/mol. The van der Waals surface area contributed by atoms with Gasteiger partial charge in [0.1, 0.15) is 5.65 Å². The molecule has 0 saturated heterocycles. The van der Waals surface area contributed by atoms with Gasteiger partial charge in [-0.1, -0.05) is 30.3 Å². The average Bonchev–Trinajstić information content (AvgIpc) is 3.01. The molecule has 0 aliphatic heterocycles. The molecule has 1 aromatic carbocycles. The molecule has 128 valence electrons. The molecular weight excluding hydrogens is 316 g/mol. The van der Waals surface area contributed by atoms with Crippen LogP contribution >= 0.6 is 0 Å². The molecule has 1 amide bonds. The predicted octanol–water partition coefficient (Wildman–Crippen LogP) is 2.64. The zero-order valence-corrected chi connectivity index (χ0v) is 14.2. The number of hydrogen-bond acceptors (Lipinski definition) is 3. The van der Waals surface area contributed by atoms with Gasteiger partial charge in [-0.2, -0.15) is 5.10 Å². The summed E-state index contributed by atoms with van der Waals surface area (Å²) in [6, 6.07) is 11.5. The first-order valence-electron chi connectivity index (χ1n) is 8.15. The number of pyridine rings is 1. The summed E-state index contributed by atoms with van der Waals surface area (Å²) in [5.41, 5.74) is 1.88. The predicted molar refractivity (Wildman–Crippen MR) is 98.1 cm³/mol. The van der Waals surface area contributed by atoms with Crippen molar-refractivity contribution in [3.63, 3.8) is 0 Å². The van der Waals surface area contributed by atoms with Gasteiger partial charge in [0.25, 0.3) is 5.56 Å². The molecule has 0 unspecified atom stereocenters. The van der Waals surface area contributed by atoms with Gasteiger partial charge in [0.15, 0.2) is 0 Å². The summed E-state index contributed by atoms with van der Waals surface area (Å²) >= 11 is 0. The first kappa shape index (κ1) is 16.7. The van der Waals surface area contributed by atoms with Crippen LogP contribution in [0.4, 0.5) is 0 Å². The number of fused-ring (bicyclic) bond motifs is 1. The Bertz CT molecular complexity index is 968. The van der Waals surface area contributed by atoms with Crippen LogP contribution < -0.4 is 10.9 Å². The van der Waals surface area contributed by atoms with Crippen LogP contribution in [0.1, 0.15) is 31.0 Å². The molecule has 6 heteroatoms. The minimum Gasteiger partial charge on any atom is -0.348 e. The van der Waals surface area contributed by atoms with E-state index in [-0.39, 0.29) is 17.5 Å². The van der Waals surface area contributed by atoms with Gasteiger partial charge in [-0.3, -0.25) is 9.59 Å². The molecule has 0 aliphatic carbocycles. The smallest absolute Gasteiger partial charge is 0.256 e. The van der Waals surface area contributed by atoms with E-state index in [1.807, 2.05) is 44.2 Å². The Morgan fingerprint density at radius 1 is 1.32 bits per heavy atom. The molecule has 25 heavy (non-hydrogen) atoms. The third-order valence-electron chi connectivity index (χ3n) is 3.84. The summed E-state index contributed by atoms with van der Waals surface area (Å²) in [5, 5.41) is 7.90. The Kier molecular flexibility index (Phi) is 4.79. The van der Waals surface area contributed by atoms with E-state index in [1.54, 1.807) is 16.9 Å². The summed E-state index contributed by atoms with van der Waals surface area (Å²) in [6.45, 7) is 4.44. The Balaban J connectivity index is 1.73. The molecule has 3 rings (SSSR count). The fourth-order valence-corrected chi connectivity index (χ4v) is 2.55. The summed E-state index contributed by atoms with van der Waals surface area (Å²) in [7, 11) is 0. The maximum absolute atomic E-state index is 12.2. The molecule has 0 aliphatic rings. The zero-order valence-electron chi connectivity index (χ0n) is 14.2. The van der Waals surface area contributed by atoms with Crippen LogP contribution in [0.2, 0.25) is 0 Å². The second-order valence-electron chi connectivity index (χ2n) is 6.08. The molecule has 0 spiro atoms. The quantitative estimate of drug-likeness (QED) is 0.703. The molecule has 0 atom stereocenters. The molecule has 2 heterocycles. The fraction of sp³-hybridized carbons (Fsp3) is 0.211. The molecule has 0 fully saturated rings. The molecule has 2 aromatic heterocycles. The van der Waals surface area contributed by atoms with Gasteiger partial charge in [0.2, 0.25) is 5.91 Å². The van der Waals surface area contributed by atoms with Gasteiger partial charge >= 0.3 is 0 Å². The van der Waals surface area contributed by atoms with Crippen LogP contribution in [-0.2, 0) is 11.3 Å². The van der Waals surface area contributed by atoms with Crippen molar-refractivity contribution in [2.24, 2.45) is 0 Å². The van der Waals surface area contributed by atoms with Crippen LogP contribution in [0.25, 0.3) is 17.1 Å². The van der Waals surface area contributed by atoms with E-state index >= 15 is 0 Å². The highest BCUT2D eigenvalue weighted by Gasteiger charge is 2.08. The third-order valence-corrected chi connectivity index (χ3v) is 3.84. The number of H-pyrrole nitrogens is 1. The van der Waals surface area contributed by atoms with Crippen molar-refractivity contribution in [2.45, 2.75) is 26.4 Å². The highest BCUT2D eigenvalue weighted by Crippen LogP contribution is 2.15. The van der Waals surface area contributed by atoms with Crippen molar-refractivity contribution in [1.29, 1.82) is 0 Å². The minimum absolute atomic E-state index is 0.151. The first-order valence-corrected chi connectivity index (χ1v) is 8.15. The second-order valence-corrected chi connectivity index (χ2v) is 6.08. The summed E-state index contributed by atoms with van der Waals surface area (Å²) in [5.74, 6) is -0.249. The van der Waals surface area contributed by atoms with E-state index in [0.717, 1.165) is 10.9 Å². The van der Waals surface area contributed by atoms with Crippen molar-refractivity contribution in [2.75, 3.05) is 0 Å². The van der Waals surface area contributed by atoms with E-state index in [1.165, 1.54) is 12.2 Å². The lowest BCUT2D eigenvalue weighted by Gasteiger charge is -2.06. The number of aromatic nitrogens is 3. The van der Waals surface area contributed by atoms with Gasteiger partial charge in [-0.25, -0.2) is 4.68 Å². The van der Waals surface area contributed by atoms with Gasteiger partial charge in [0.05, 0.1) is 6.20 Å². The lowest BCUT2D eigenvalue weighted by atomic mass is 10.2. The molecule has 2 N–H and O–H groups in total. The Labute approximate surface area is 145 Å². The standard InChI is InChI=1S/C19H20N4O2/c1-13(2)23-18-16(12-21-23)10-15(19(25)22-18)8-9-17(24)20-11-14-6-4-3-5-7-14/h3-10,12-13H,11H2,1-2H3,(H,20,24)(H,22,25). The molecule has 6 nitrogen and oxygen atoms in total. The van der Waals surface area contributed by atoms with Crippen molar-refractivity contribution >= 4 is 23.0 Å². The number of carbonyl (C=O) groups excluding carboxylic acids is 1. The number of rotatable bonds is 5. The van der Waals surface area contributed by atoms with Crippen molar-refractivity contribution < 1.29 is 4.79 Å². The van der Waals surface area contributed by atoms with Gasteiger partial charge in [0, 0.05) is 29.6 Å². The van der Waals surface area contributed by atoms with E-state index in [9.17, 15) is 9.59 Å². The summed E-state index contributed by atoms with van der Waals surface area (Å²) in [4.78, 5) is 27.0. The number of hydrogen-bond donors (Lipinski definition) is 2. The topological polar surface area (TPSA) is 79.8 Å². The maximum atomic E-state index is 12.2. The Morgan fingerprint density at radius 3 is 2.80 bits per heavy atom. The highest BCUT2D eigenvalue weighted by atomic mass is 16.1. The summed E-state index contributed by atoms with van der Waals surface area (Å²) < 4.78 is 1.76. The van der Waals surface area contributed by atoms with Crippen LogP contribution in [0.5, 0.6) is 0 Å². The minimum atomic E-state index is -0.249. The normalized spacial score (nSPS) is 11.5. The van der Waals surface area contributed by atoms with Crippen molar-refractivity contribution in [3.05, 3.63) is 70.2 Å². The maximum Gasteiger partial charge on any atom is 0.256 e. The number of nitrogens with zero attached hydrogens (tertiary/aromatic N) is 2. The largest absolute Gasteiger partial charge is 0.348 e. The molecule has 3 aromatic rings. The lowest BCUT2D eigenvalue weighted by molar-refractivity contribution is -0.116. The van der Waals surface area contributed by atoms with E-state index < -0.39 is 0 Å². The number of benzene rings is 1. The number of carbonyl (C=O) groups is 1. The van der Waals surface area contributed by atoms with E-state index in [4.69, 9.17) is 0 Å². The van der Waals surface area contributed by atoms with E-state index in [0.29, 0.717) is 17.8 Å². The Morgan fingerprint density at radius 2 is 2.08 bits per heavy atom. The van der Waals surface area contributed by atoms with Gasteiger partial charge in [-0.15, -0.1) is 0 Å². The SMILES string of the molecule is CC(C)n1ncc2cc(C=CC(=O)NCc3ccccc3)c(=O)[nH]c21. The van der Waals surface area contributed by atoms with Crippen LogP contribution in [0.3, 0.4) is 0 Å². The Hall–Kier alpha value is -3.15. The number of amides is 1. The van der Waals surface area contributed by atoms with Gasteiger partial charge < -0.3 is 10.3 Å². The van der Waals surface area contributed by atoms with Crippen molar-refractivity contribution in [1.82, 2.24) is 20.1 Å². The molecule has 0 bridgehead atoms. The van der Waals surface area contributed by atoms with Crippen LogP contribution in [-0.4, -0.2) is 20.7 Å². The number of aromatic amines is 1. The van der Waals surface area contributed by atoms with Crippen LogP contribution in [0, 0.1) is 0 Å². The van der Waals surface area contributed by atoms with Gasteiger partial charge in [-0.05, 0) is 31.6 Å². The van der Waals surface area contributed by atoms with E-state index in [2.05, 4.69) is 15.4 Å². The molecule has 0 saturated carbocycles. The number of nitrogens with one attached hydrogen (secondary N) is 2. The highest BCUT2D eigenvalue weighted by molar-refractivity contribution is 5.92. The average molecular weight is 336 g/mol. The summed E-state index contributed by atoms with van der Waals surface area (Å²) in [6.07, 6.45) is 4.59. The van der Waals surface area contributed by atoms with Crippen LogP contribution in [0.15, 0.2) is 53.5 Å². The molecular formula is C19H20N4O2.